The number of carbonyl (C=O) groups excluding carboxylic acids is 1. The first-order valence-corrected chi connectivity index (χ1v) is 4.94. The molecule has 1 saturated carbocycles. The van der Waals surface area contributed by atoms with E-state index in [1.807, 2.05) is 0 Å². The van der Waals surface area contributed by atoms with Gasteiger partial charge in [0.1, 0.15) is 5.78 Å². The van der Waals surface area contributed by atoms with Crippen LogP contribution in [-0.2, 0) is 14.3 Å². The first-order valence-electron chi connectivity index (χ1n) is 4.94. The molecule has 0 N–H and O–H groups in total. The molecule has 3 heteroatoms. The Morgan fingerprint density at radius 2 is 2.23 bits per heavy atom. The minimum atomic E-state index is 0.158. The summed E-state index contributed by atoms with van der Waals surface area (Å²) in [7, 11) is 1.65. The van der Waals surface area contributed by atoms with Crippen molar-refractivity contribution in [2.75, 3.05) is 26.9 Å². The highest BCUT2D eigenvalue weighted by Gasteiger charge is 2.21. The first kappa shape index (κ1) is 10.7. The molecule has 1 unspecified atom stereocenters. The Hall–Kier alpha value is -0.410. The van der Waals surface area contributed by atoms with Crippen LogP contribution in [0.4, 0.5) is 0 Å². The number of ether oxygens (including phenoxy) is 2. The zero-order chi connectivity index (χ0) is 9.52. The standard InChI is InChI=1S/C10H18O3/c1-12-6-7-13-8-9-4-2-3-5-10(9)11/h9H,2-8H2,1H3. The van der Waals surface area contributed by atoms with Gasteiger partial charge < -0.3 is 9.47 Å². The third-order valence-electron chi connectivity index (χ3n) is 2.43. The SMILES string of the molecule is COCCOCC1CCCCC1=O. The highest BCUT2D eigenvalue weighted by Crippen LogP contribution is 2.20. The van der Waals surface area contributed by atoms with Crippen molar-refractivity contribution in [3.63, 3.8) is 0 Å². The average molecular weight is 186 g/mol. The van der Waals surface area contributed by atoms with E-state index in [1.165, 1.54) is 6.42 Å². The quantitative estimate of drug-likeness (QED) is 0.609. The molecule has 0 aliphatic heterocycles. The lowest BCUT2D eigenvalue weighted by atomic mass is 9.89. The van der Waals surface area contributed by atoms with Crippen molar-refractivity contribution in [2.24, 2.45) is 5.92 Å². The number of hydrogen-bond acceptors (Lipinski definition) is 3. The minimum absolute atomic E-state index is 0.158. The van der Waals surface area contributed by atoms with Crippen LogP contribution in [0.2, 0.25) is 0 Å². The lowest BCUT2D eigenvalue weighted by Crippen LogP contribution is -2.24. The van der Waals surface area contributed by atoms with Crippen molar-refractivity contribution >= 4 is 5.78 Å². The second kappa shape index (κ2) is 6.11. The van der Waals surface area contributed by atoms with Gasteiger partial charge in [-0.05, 0) is 12.8 Å². The Labute approximate surface area is 79.4 Å². The van der Waals surface area contributed by atoms with Crippen LogP contribution < -0.4 is 0 Å². The van der Waals surface area contributed by atoms with Crippen LogP contribution in [0, 0.1) is 5.92 Å². The molecule has 0 aromatic carbocycles. The first-order chi connectivity index (χ1) is 6.34. The summed E-state index contributed by atoms with van der Waals surface area (Å²) in [5.41, 5.74) is 0. The maximum atomic E-state index is 11.3. The second-order valence-electron chi connectivity index (χ2n) is 3.48. The van der Waals surface area contributed by atoms with Crippen molar-refractivity contribution in [3.8, 4) is 0 Å². The van der Waals surface area contributed by atoms with E-state index in [-0.39, 0.29) is 5.92 Å². The van der Waals surface area contributed by atoms with E-state index in [2.05, 4.69) is 0 Å². The van der Waals surface area contributed by atoms with Crippen LogP contribution in [0.25, 0.3) is 0 Å². The summed E-state index contributed by atoms with van der Waals surface area (Å²) >= 11 is 0. The fourth-order valence-corrected chi connectivity index (χ4v) is 1.60. The third-order valence-corrected chi connectivity index (χ3v) is 2.43. The van der Waals surface area contributed by atoms with Gasteiger partial charge in [0.2, 0.25) is 0 Å². The van der Waals surface area contributed by atoms with Gasteiger partial charge in [-0.25, -0.2) is 0 Å². The maximum absolute atomic E-state index is 11.3. The Balaban J connectivity index is 2.08. The molecular formula is C10H18O3. The number of Topliss-reactive ketones (excluding diaryl/α,β-unsaturated/α-hetero) is 1. The van der Waals surface area contributed by atoms with E-state index in [0.717, 1.165) is 19.3 Å². The minimum Gasteiger partial charge on any atom is -0.382 e. The molecule has 1 aliphatic rings. The monoisotopic (exact) mass is 186 g/mol. The lowest BCUT2D eigenvalue weighted by molar-refractivity contribution is -0.126. The van der Waals surface area contributed by atoms with Crippen LogP contribution in [0.3, 0.4) is 0 Å². The number of methoxy groups -OCH3 is 1. The van der Waals surface area contributed by atoms with Gasteiger partial charge in [-0.15, -0.1) is 0 Å². The van der Waals surface area contributed by atoms with E-state index in [1.54, 1.807) is 7.11 Å². The van der Waals surface area contributed by atoms with Crippen molar-refractivity contribution < 1.29 is 14.3 Å². The molecule has 13 heavy (non-hydrogen) atoms. The van der Waals surface area contributed by atoms with E-state index in [9.17, 15) is 4.79 Å². The van der Waals surface area contributed by atoms with Gasteiger partial charge >= 0.3 is 0 Å². The van der Waals surface area contributed by atoms with E-state index < -0.39 is 0 Å². The van der Waals surface area contributed by atoms with Gasteiger partial charge in [0.05, 0.1) is 19.8 Å². The van der Waals surface area contributed by atoms with Crippen LogP contribution in [-0.4, -0.2) is 32.7 Å². The van der Waals surface area contributed by atoms with E-state index in [0.29, 0.717) is 25.6 Å². The van der Waals surface area contributed by atoms with Crippen LogP contribution in [0.5, 0.6) is 0 Å². The predicted octanol–water partition coefficient (Wildman–Crippen LogP) is 1.41. The smallest absolute Gasteiger partial charge is 0.138 e. The molecule has 0 aromatic rings. The Morgan fingerprint density at radius 3 is 2.92 bits per heavy atom. The Kier molecular flexibility index (Phi) is 5.01. The topological polar surface area (TPSA) is 35.5 Å². The summed E-state index contributed by atoms with van der Waals surface area (Å²) < 4.78 is 10.2. The summed E-state index contributed by atoms with van der Waals surface area (Å²) in [5.74, 6) is 0.536. The second-order valence-corrected chi connectivity index (χ2v) is 3.48. The molecule has 1 aliphatic carbocycles. The van der Waals surface area contributed by atoms with Gasteiger partial charge in [0.25, 0.3) is 0 Å². The zero-order valence-corrected chi connectivity index (χ0v) is 8.25. The van der Waals surface area contributed by atoms with E-state index >= 15 is 0 Å². The normalized spacial score (nSPS) is 23.5. The van der Waals surface area contributed by atoms with Crippen molar-refractivity contribution in [1.29, 1.82) is 0 Å². The molecule has 0 bridgehead atoms. The molecule has 1 atom stereocenters. The molecule has 0 amide bonds. The third kappa shape index (κ3) is 3.87. The van der Waals surface area contributed by atoms with Crippen LogP contribution in [0.15, 0.2) is 0 Å². The van der Waals surface area contributed by atoms with Gasteiger partial charge in [-0.2, -0.15) is 0 Å². The predicted molar refractivity (Wildman–Crippen MR) is 49.7 cm³/mol. The zero-order valence-electron chi connectivity index (χ0n) is 8.25. The Bertz CT molecular complexity index is 156. The average Bonchev–Trinajstić information content (AvgIpc) is 2.15. The van der Waals surface area contributed by atoms with Crippen molar-refractivity contribution in [3.05, 3.63) is 0 Å². The molecule has 1 fully saturated rings. The van der Waals surface area contributed by atoms with Gasteiger partial charge in [-0.3, -0.25) is 4.79 Å². The molecule has 0 aromatic heterocycles. The van der Waals surface area contributed by atoms with Gasteiger partial charge in [0.15, 0.2) is 0 Å². The number of hydrogen-bond donors (Lipinski definition) is 0. The summed E-state index contributed by atoms with van der Waals surface area (Å²) in [4.78, 5) is 11.3. The van der Waals surface area contributed by atoms with Crippen molar-refractivity contribution in [2.45, 2.75) is 25.7 Å². The number of rotatable bonds is 5. The van der Waals surface area contributed by atoms with Crippen molar-refractivity contribution in [1.82, 2.24) is 0 Å². The molecular weight excluding hydrogens is 168 g/mol. The molecule has 3 nitrogen and oxygen atoms in total. The Morgan fingerprint density at radius 1 is 1.38 bits per heavy atom. The molecule has 0 saturated heterocycles. The molecule has 0 radical (unpaired) electrons. The highest BCUT2D eigenvalue weighted by atomic mass is 16.5. The lowest BCUT2D eigenvalue weighted by Gasteiger charge is -2.19. The highest BCUT2D eigenvalue weighted by molar-refractivity contribution is 5.81. The van der Waals surface area contributed by atoms with Gasteiger partial charge in [-0.1, -0.05) is 6.42 Å². The molecule has 1 rings (SSSR count). The molecule has 76 valence electrons. The summed E-state index contributed by atoms with van der Waals surface area (Å²) in [6, 6.07) is 0. The fraction of sp³-hybridized carbons (Fsp3) is 0.900. The number of carbonyl (C=O) groups is 1. The fourth-order valence-electron chi connectivity index (χ4n) is 1.60. The molecule has 0 spiro atoms. The number of ketones is 1. The van der Waals surface area contributed by atoms with Crippen LogP contribution >= 0.6 is 0 Å². The summed E-state index contributed by atoms with van der Waals surface area (Å²) in [5, 5.41) is 0. The summed E-state index contributed by atoms with van der Waals surface area (Å²) in [6.07, 6.45) is 3.99. The summed E-state index contributed by atoms with van der Waals surface area (Å²) in [6.45, 7) is 1.80. The van der Waals surface area contributed by atoms with Crippen LogP contribution in [0.1, 0.15) is 25.7 Å². The van der Waals surface area contributed by atoms with Gasteiger partial charge in [0, 0.05) is 19.4 Å². The van der Waals surface area contributed by atoms with E-state index in [4.69, 9.17) is 9.47 Å². The maximum Gasteiger partial charge on any atom is 0.138 e. The molecule has 0 heterocycles. The largest absolute Gasteiger partial charge is 0.382 e.